The van der Waals surface area contributed by atoms with Crippen LogP contribution in [0.2, 0.25) is 0 Å². The molecule has 1 fully saturated rings. The fraction of sp³-hybridized carbons (Fsp3) is 0.600. The van der Waals surface area contributed by atoms with Crippen LogP contribution in [0.4, 0.5) is 0 Å². The molecule has 18 heavy (non-hydrogen) atoms. The van der Waals surface area contributed by atoms with E-state index in [0.29, 0.717) is 0 Å². The highest BCUT2D eigenvalue weighted by molar-refractivity contribution is 14.1. The van der Waals surface area contributed by atoms with Gasteiger partial charge in [-0.05, 0) is 74.4 Å². The van der Waals surface area contributed by atoms with Crippen molar-refractivity contribution in [2.75, 3.05) is 0 Å². The summed E-state index contributed by atoms with van der Waals surface area (Å²) in [7, 11) is 0. The molecule has 2 atom stereocenters. The van der Waals surface area contributed by atoms with Crippen LogP contribution in [-0.2, 0) is 4.74 Å². The molecule has 2 rings (SSSR count). The molecule has 100 valence electrons. The number of halogens is 1. The molecular formula is C15H21IO2. The minimum Gasteiger partial charge on any atom is -0.388 e. The Kier molecular flexibility index (Phi) is 3.78. The summed E-state index contributed by atoms with van der Waals surface area (Å²) in [5, 5.41) is 10.6. The zero-order chi connectivity index (χ0) is 13.6. The summed E-state index contributed by atoms with van der Waals surface area (Å²) in [5.74, 6) is 0.130. The molecule has 0 radical (unpaired) electrons. The molecule has 2 unspecified atom stereocenters. The lowest BCUT2D eigenvalue weighted by Gasteiger charge is -2.30. The SMILES string of the molecule is CC1(C)CC(C(O)c2cccc(I)c2)C(C)(C)O1. The number of rotatable bonds is 2. The fourth-order valence-electron chi connectivity index (χ4n) is 3.02. The van der Waals surface area contributed by atoms with Crippen molar-refractivity contribution in [3.05, 3.63) is 33.4 Å². The van der Waals surface area contributed by atoms with Gasteiger partial charge in [-0.2, -0.15) is 0 Å². The molecule has 1 aromatic carbocycles. The van der Waals surface area contributed by atoms with Gasteiger partial charge in [0.15, 0.2) is 0 Å². The third-order valence-corrected chi connectivity index (χ3v) is 4.39. The van der Waals surface area contributed by atoms with Gasteiger partial charge in [-0.25, -0.2) is 0 Å². The number of aliphatic hydroxyl groups is 1. The molecule has 2 nitrogen and oxygen atoms in total. The summed E-state index contributed by atoms with van der Waals surface area (Å²) in [6, 6.07) is 8.08. The van der Waals surface area contributed by atoms with Gasteiger partial charge in [-0.1, -0.05) is 12.1 Å². The molecule has 0 amide bonds. The van der Waals surface area contributed by atoms with Gasteiger partial charge in [0, 0.05) is 9.49 Å². The Morgan fingerprint density at radius 2 is 2.00 bits per heavy atom. The van der Waals surface area contributed by atoms with E-state index in [9.17, 15) is 5.11 Å². The second-order valence-corrected chi connectivity index (χ2v) is 7.52. The van der Waals surface area contributed by atoms with E-state index in [2.05, 4.69) is 50.3 Å². The lowest BCUT2D eigenvalue weighted by molar-refractivity contribution is -0.0880. The Hall–Kier alpha value is -0.130. The third kappa shape index (κ3) is 2.89. The van der Waals surface area contributed by atoms with Crippen molar-refractivity contribution >= 4 is 22.6 Å². The van der Waals surface area contributed by atoms with Crippen molar-refractivity contribution in [1.29, 1.82) is 0 Å². The van der Waals surface area contributed by atoms with Gasteiger partial charge in [0.1, 0.15) is 0 Å². The van der Waals surface area contributed by atoms with Crippen LogP contribution in [0.5, 0.6) is 0 Å². The van der Waals surface area contributed by atoms with E-state index in [1.807, 2.05) is 24.3 Å². The Balaban J connectivity index is 2.26. The molecule has 3 heteroatoms. The molecule has 0 bridgehead atoms. The van der Waals surface area contributed by atoms with E-state index in [1.54, 1.807) is 0 Å². The average molecular weight is 360 g/mol. The molecule has 1 heterocycles. The lowest BCUT2D eigenvalue weighted by Crippen LogP contribution is -2.32. The molecule has 1 aromatic rings. The first-order chi connectivity index (χ1) is 8.21. The van der Waals surface area contributed by atoms with Gasteiger partial charge in [-0.3, -0.25) is 0 Å². The van der Waals surface area contributed by atoms with Gasteiger partial charge in [0.05, 0.1) is 17.3 Å². The number of hydrogen-bond donors (Lipinski definition) is 1. The van der Waals surface area contributed by atoms with Crippen LogP contribution in [0.15, 0.2) is 24.3 Å². The second-order valence-electron chi connectivity index (χ2n) is 6.28. The van der Waals surface area contributed by atoms with Crippen molar-refractivity contribution in [3.63, 3.8) is 0 Å². The predicted octanol–water partition coefficient (Wildman–Crippen LogP) is 3.92. The minimum atomic E-state index is -0.462. The topological polar surface area (TPSA) is 29.5 Å². The molecule has 0 saturated carbocycles. The van der Waals surface area contributed by atoms with Crippen LogP contribution in [0.1, 0.15) is 45.8 Å². The molecule has 1 saturated heterocycles. The zero-order valence-corrected chi connectivity index (χ0v) is 13.6. The van der Waals surface area contributed by atoms with E-state index < -0.39 is 6.10 Å². The van der Waals surface area contributed by atoms with Crippen LogP contribution in [0.3, 0.4) is 0 Å². The monoisotopic (exact) mass is 360 g/mol. The number of hydrogen-bond acceptors (Lipinski definition) is 2. The van der Waals surface area contributed by atoms with Crippen molar-refractivity contribution in [1.82, 2.24) is 0 Å². The molecule has 1 N–H and O–H groups in total. The van der Waals surface area contributed by atoms with Gasteiger partial charge in [0.25, 0.3) is 0 Å². The van der Waals surface area contributed by atoms with Gasteiger partial charge in [-0.15, -0.1) is 0 Å². The first kappa shape index (κ1) is 14.3. The molecular weight excluding hydrogens is 339 g/mol. The Bertz CT molecular complexity index is 440. The molecule has 1 aliphatic rings. The third-order valence-electron chi connectivity index (χ3n) is 3.72. The standard InChI is InChI=1S/C15H21IO2/c1-14(2)9-12(15(3,4)18-14)13(17)10-6-5-7-11(16)8-10/h5-8,12-13,17H,9H2,1-4H3. The van der Waals surface area contributed by atoms with Crippen LogP contribution in [0.25, 0.3) is 0 Å². The van der Waals surface area contributed by atoms with Gasteiger partial charge in [0.2, 0.25) is 0 Å². The highest BCUT2D eigenvalue weighted by Gasteiger charge is 2.49. The number of aliphatic hydroxyl groups excluding tert-OH is 1. The normalized spacial score (nSPS) is 27.1. The van der Waals surface area contributed by atoms with E-state index in [4.69, 9.17) is 4.74 Å². The lowest BCUT2D eigenvalue weighted by atomic mass is 9.80. The average Bonchev–Trinajstić information content (AvgIpc) is 2.45. The molecule has 0 spiro atoms. The van der Waals surface area contributed by atoms with Crippen molar-refractivity contribution < 1.29 is 9.84 Å². The summed E-state index contributed by atoms with van der Waals surface area (Å²) >= 11 is 2.28. The van der Waals surface area contributed by atoms with Crippen LogP contribution < -0.4 is 0 Å². The summed E-state index contributed by atoms with van der Waals surface area (Å²) in [6.07, 6.45) is 0.420. The minimum absolute atomic E-state index is 0.130. The first-order valence-corrected chi connectivity index (χ1v) is 7.43. The van der Waals surface area contributed by atoms with E-state index in [1.165, 1.54) is 0 Å². The summed E-state index contributed by atoms with van der Waals surface area (Å²) in [4.78, 5) is 0. The van der Waals surface area contributed by atoms with Crippen molar-refractivity contribution in [3.8, 4) is 0 Å². The number of ether oxygens (including phenoxy) is 1. The predicted molar refractivity (Wildman–Crippen MR) is 81.5 cm³/mol. The maximum Gasteiger partial charge on any atom is 0.0846 e. The Labute approximate surface area is 123 Å². The van der Waals surface area contributed by atoms with Gasteiger partial charge < -0.3 is 9.84 Å². The van der Waals surface area contributed by atoms with Crippen LogP contribution in [0, 0.1) is 9.49 Å². The maximum atomic E-state index is 10.6. The van der Waals surface area contributed by atoms with E-state index in [0.717, 1.165) is 15.6 Å². The highest BCUT2D eigenvalue weighted by Crippen LogP contribution is 2.47. The Morgan fingerprint density at radius 1 is 1.33 bits per heavy atom. The van der Waals surface area contributed by atoms with Gasteiger partial charge >= 0.3 is 0 Å². The second kappa shape index (κ2) is 4.76. The smallest absolute Gasteiger partial charge is 0.0846 e. The quantitative estimate of drug-likeness (QED) is 0.811. The summed E-state index contributed by atoms with van der Waals surface area (Å²) < 4.78 is 7.21. The summed E-state index contributed by atoms with van der Waals surface area (Å²) in [5.41, 5.74) is 0.544. The van der Waals surface area contributed by atoms with E-state index in [-0.39, 0.29) is 17.1 Å². The fourth-order valence-corrected chi connectivity index (χ4v) is 3.59. The molecule has 0 aromatic heterocycles. The summed E-state index contributed by atoms with van der Waals surface area (Å²) in [6.45, 7) is 8.33. The zero-order valence-electron chi connectivity index (χ0n) is 11.4. The number of benzene rings is 1. The highest BCUT2D eigenvalue weighted by atomic mass is 127. The van der Waals surface area contributed by atoms with Crippen LogP contribution in [-0.4, -0.2) is 16.3 Å². The van der Waals surface area contributed by atoms with Crippen molar-refractivity contribution in [2.24, 2.45) is 5.92 Å². The Morgan fingerprint density at radius 3 is 2.50 bits per heavy atom. The van der Waals surface area contributed by atoms with Crippen LogP contribution >= 0.6 is 22.6 Å². The van der Waals surface area contributed by atoms with E-state index >= 15 is 0 Å². The molecule has 0 aliphatic carbocycles. The molecule has 1 aliphatic heterocycles. The first-order valence-electron chi connectivity index (χ1n) is 6.35. The van der Waals surface area contributed by atoms with Crippen molar-refractivity contribution in [2.45, 2.75) is 51.4 Å². The largest absolute Gasteiger partial charge is 0.388 e. The maximum absolute atomic E-state index is 10.6.